The minimum Gasteiger partial charge on any atom is -0.356 e. The molecule has 0 saturated carbocycles. The molecule has 88 valence electrons. The number of hydrogen-bond donors (Lipinski definition) is 0. The molecular formula is C12H23NO2. The van der Waals surface area contributed by atoms with Gasteiger partial charge in [-0.1, -0.05) is 39.5 Å². The number of aliphatic imine (C=N–C) groups is 1. The average molecular weight is 213 g/mol. The highest BCUT2D eigenvalue weighted by Crippen LogP contribution is 2.09. The first-order valence-electron chi connectivity index (χ1n) is 6.03. The number of hydrogen-bond acceptors (Lipinski definition) is 3. The average Bonchev–Trinajstić information content (AvgIpc) is 2.24. The molecule has 0 bridgehead atoms. The molecule has 3 heteroatoms. The van der Waals surface area contributed by atoms with E-state index in [0.29, 0.717) is 6.61 Å². The van der Waals surface area contributed by atoms with Crippen molar-refractivity contribution in [1.29, 1.82) is 0 Å². The van der Waals surface area contributed by atoms with E-state index in [2.05, 4.69) is 18.8 Å². The molecule has 0 heterocycles. The van der Waals surface area contributed by atoms with Crippen molar-refractivity contribution >= 4 is 6.08 Å². The Labute approximate surface area is 92.9 Å². The Kier molecular flexibility index (Phi) is 10.9. The molecule has 0 spiro atoms. The summed E-state index contributed by atoms with van der Waals surface area (Å²) >= 11 is 0. The van der Waals surface area contributed by atoms with Crippen LogP contribution in [0.25, 0.3) is 0 Å². The van der Waals surface area contributed by atoms with Gasteiger partial charge in [-0.15, -0.1) is 0 Å². The molecule has 0 saturated heterocycles. The van der Waals surface area contributed by atoms with E-state index in [1.165, 1.54) is 19.3 Å². The lowest BCUT2D eigenvalue weighted by Crippen LogP contribution is -2.10. The summed E-state index contributed by atoms with van der Waals surface area (Å²) in [6.45, 7) is 4.99. The Morgan fingerprint density at radius 1 is 1.13 bits per heavy atom. The molecule has 0 radical (unpaired) electrons. The van der Waals surface area contributed by atoms with E-state index in [0.717, 1.165) is 25.7 Å². The van der Waals surface area contributed by atoms with E-state index >= 15 is 0 Å². The number of carbonyl (C=O) groups excluding carboxylic acids is 1. The summed E-state index contributed by atoms with van der Waals surface area (Å²) in [6.07, 6.45) is 9.04. The summed E-state index contributed by atoms with van der Waals surface area (Å²) in [5.74, 6) is 0. The first-order valence-corrected chi connectivity index (χ1v) is 6.03. The van der Waals surface area contributed by atoms with Gasteiger partial charge >= 0.3 is 0 Å². The number of unbranched alkanes of at least 4 members (excludes halogenated alkanes) is 4. The van der Waals surface area contributed by atoms with Crippen LogP contribution < -0.4 is 0 Å². The van der Waals surface area contributed by atoms with E-state index in [4.69, 9.17) is 4.74 Å². The van der Waals surface area contributed by atoms with Crippen LogP contribution in [0.4, 0.5) is 0 Å². The molecule has 1 atom stereocenters. The molecule has 15 heavy (non-hydrogen) atoms. The Bertz CT molecular complexity index is 176. The van der Waals surface area contributed by atoms with E-state index in [1.54, 1.807) is 6.08 Å². The molecule has 0 aromatic carbocycles. The maximum Gasteiger partial charge on any atom is 0.237 e. The maximum absolute atomic E-state index is 10.2. The van der Waals surface area contributed by atoms with Gasteiger partial charge in [0.25, 0.3) is 0 Å². The predicted molar refractivity (Wildman–Crippen MR) is 61.5 cm³/mol. The molecule has 3 nitrogen and oxygen atoms in total. The van der Waals surface area contributed by atoms with Crippen LogP contribution >= 0.6 is 0 Å². The predicted octanol–water partition coefficient (Wildman–Crippen LogP) is 3.44. The number of nitrogens with zero attached hydrogens (tertiary/aromatic N) is 1. The van der Waals surface area contributed by atoms with E-state index < -0.39 is 0 Å². The smallest absolute Gasteiger partial charge is 0.237 e. The first kappa shape index (κ1) is 14.3. The minimum atomic E-state index is -0.258. The van der Waals surface area contributed by atoms with Crippen LogP contribution in [0.15, 0.2) is 4.99 Å². The van der Waals surface area contributed by atoms with Gasteiger partial charge in [0.15, 0.2) is 6.23 Å². The van der Waals surface area contributed by atoms with Crippen molar-refractivity contribution in [3.8, 4) is 0 Å². The highest BCUT2D eigenvalue weighted by atomic mass is 16.5. The Hall–Kier alpha value is -0.660. The van der Waals surface area contributed by atoms with Gasteiger partial charge in [0.2, 0.25) is 6.08 Å². The van der Waals surface area contributed by atoms with Crippen LogP contribution in [0.2, 0.25) is 0 Å². The monoisotopic (exact) mass is 213 g/mol. The van der Waals surface area contributed by atoms with Crippen molar-refractivity contribution in [2.24, 2.45) is 4.99 Å². The van der Waals surface area contributed by atoms with Gasteiger partial charge in [-0.05, 0) is 19.3 Å². The van der Waals surface area contributed by atoms with E-state index in [-0.39, 0.29) is 6.23 Å². The molecule has 0 N–H and O–H groups in total. The van der Waals surface area contributed by atoms with Crippen LogP contribution in [-0.2, 0) is 9.53 Å². The highest BCUT2D eigenvalue weighted by molar-refractivity contribution is 5.33. The lowest BCUT2D eigenvalue weighted by atomic mass is 10.1. The third-order valence-corrected chi connectivity index (χ3v) is 2.31. The molecule has 0 amide bonds. The van der Waals surface area contributed by atoms with Crippen LogP contribution in [0.1, 0.15) is 58.8 Å². The summed E-state index contributed by atoms with van der Waals surface area (Å²) in [5, 5.41) is 0. The van der Waals surface area contributed by atoms with E-state index in [1.807, 2.05) is 0 Å². The maximum atomic E-state index is 10.2. The molecule has 0 aliphatic carbocycles. The van der Waals surface area contributed by atoms with Gasteiger partial charge in [-0.2, -0.15) is 4.99 Å². The number of rotatable bonds is 10. The zero-order valence-electron chi connectivity index (χ0n) is 10.00. The quantitative estimate of drug-likeness (QED) is 0.317. The molecule has 1 unspecified atom stereocenters. The lowest BCUT2D eigenvalue weighted by molar-refractivity contribution is 0.0501. The van der Waals surface area contributed by atoms with Crippen LogP contribution in [0, 0.1) is 0 Å². The second kappa shape index (κ2) is 11.4. The summed E-state index contributed by atoms with van der Waals surface area (Å²) in [6, 6.07) is 0. The van der Waals surface area contributed by atoms with Crippen molar-refractivity contribution < 1.29 is 9.53 Å². The van der Waals surface area contributed by atoms with E-state index in [9.17, 15) is 4.79 Å². The normalized spacial score (nSPS) is 12.1. The van der Waals surface area contributed by atoms with Crippen molar-refractivity contribution in [3.05, 3.63) is 0 Å². The van der Waals surface area contributed by atoms with Gasteiger partial charge in [0, 0.05) is 6.61 Å². The van der Waals surface area contributed by atoms with Gasteiger partial charge in [-0.25, -0.2) is 4.79 Å². The Balaban J connectivity index is 3.58. The summed E-state index contributed by atoms with van der Waals surface area (Å²) < 4.78 is 5.47. The SMILES string of the molecule is CCCCCCC(N=C=O)OCCCC. The lowest BCUT2D eigenvalue weighted by Gasteiger charge is -2.11. The second-order valence-electron chi connectivity index (χ2n) is 3.75. The molecule has 0 aromatic heterocycles. The zero-order valence-corrected chi connectivity index (χ0v) is 10.00. The van der Waals surface area contributed by atoms with Crippen LogP contribution in [0.3, 0.4) is 0 Å². The largest absolute Gasteiger partial charge is 0.356 e. The molecular weight excluding hydrogens is 190 g/mol. The van der Waals surface area contributed by atoms with Crippen LogP contribution in [0.5, 0.6) is 0 Å². The second-order valence-corrected chi connectivity index (χ2v) is 3.75. The van der Waals surface area contributed by atoms with Crippen molar-refractivity contribution in [2.75, 3.05) is 6.61 Å². The minimum absolute atomic E-state index is 0.258. The molecule has 0 aromatic rings. The highest BCUT2D eigenvalue weighted by Gasteiger charge is 2.05. The summed E-state index contributed by atoms with van der Waals surface area (Å²) in [7, 11) is 0. The third-order valence-electron chi connectivity index (χ3n) is 2.31. The fourth-order valence-electron chi connectivity index (χ4n) is 1.35. The summed E-state index contributed by atoms with van der Waals surface area (Å²) in [4.78, 5) is 13.8. The summed E-state index contributed by atoms with van der Waals surface area (Å²) in [5.41, 5.74) is 0. The van der Waals surface area contributed by atoms with Crippen molar-refractivity contribution in [2.45, 2.75) is 65.0 Å². The van der Waals surface area contributed by atoms with Gasteiger partial charge in [0.1, 0.15) is 0 Å². The van der Waals surface area contributed by atoms with Crippen molar-refractivity contribution in [1.82, 2.24) is 0 Å². The molecule has 0 fully saturated rings. The van der Waals surface area contributed by atoms with Gasteiger partial charge < -0.3 is 4.74 Å². The Morgan fingerprint density at radius 3 is 2.47 bits per heavy atom. The molecule has 0 aliphatic rings. The standard InChI is InChI=1S/C12H23NO2/c1-3-5-7-8-9-12(13-11-14)15-10-6-4-2/h12H,3-10H2,1-2H3. The molecule has 0 rings (SSSR count). The first-order chi connectivity index (χ1) is 7.35. The Morgan fingerprint density at radius 2 is 1.87 bits per heavy atom. The van der Waals surface area contributed by atoms with Crippen molar-refractivity contribution in [3.63, 3.8) is 0 Å². The van der Waals surface area contributed by atoms with Gasteiger partial charge in [0.05, 0.1) is 0 Å². The van der Waals surface area contributed by atoms with Gasteiger partial charge in [-0.3, -0.25) is 0 Å². The zero-order chi connectivity index (χ0) is 11.4. The van der Waals surface area contributed by atoms with Crippen LogP contribution in [-0.4, -0.2) is 18.9 Å². The number of isocyanates is 1. The number of ether oxygens (including phenoxy) is 1. The fourth-order valence-corrected chi connectivity index (χ4v) is 1.35. The topological polar surface area (TPSA) is 38.7 Å². The molecule has 0 aliphatic heterocycles. The third kappa shape index (κ3) is 9.64. The fraction of sp³-hybridized carbons (Fsp3) is 0.917.